The number of rotatable bonds is 6. The first-order valence-electron chi connectivity index (χ1n) is 9.10. The molecule has 0 atom stereocenters. The number of benzene rings is 2. The predicted octanol–water partition coefficient (Wildman–Crippen LogP) is 1.57. The van der Waals surface area contributed by atoms with Gasteiger partial charge in [0.2, 0.25) is 0 Å². The summed E-state index contributed by atoms with van der Waals surface area (Å²) in [7, 11) is -4.80. The largest absolute Gasteiger partial charge is 0.488 e. The molecule has 0 spiro atoms. The van der Waals surface area contributed by atoms with Crippen LogP contribution in [0.4, 0.5) is 0 Å². The molecule has 2 aromatic carbocycles. The Balaban J connectivity index is 1.51. The van der Waals surface area contributed by atoms with E-state index in [0.717, 1.165) is 38.0 Å². The van der Waals surface area contributed by atoms with E-state index in [4.69, 9.17) is 10.0 Å². The number of piperidine rings is 1. The quantitative estimate of drug-likeness (QED) is 0.739. The van der Waals surface area contributed by atoms with Crippen LogP contribution in [0.5, 0.6) is 0 Å². The lowest BCUT2D eigenvalue weighted by Gasteiger charge is -2.30. The van der Waals surface area contributed by atoms with Gasteiger partial charge in [-0.2, -0.15) is 0 Å². The Morgan fingerprint density at radius 1 is 1.00 bits per heavy atom. The molecule has 0 amide bonds. The van der Waals surface area contributed by atoms with Gasteiger partial charge in [-0.1, -0.05) is 48.5 Å². The third kappa shape index (κ3) is 5.53. The highest BCUT2D eigenvalue weighted by Gasteiger charge is 2.19. The third-order valence-electron chi connectivity index (χ3n) is 4.92. The van der Waals surface area contributed by atoms with Gasteiger partial charge in [0.15, 0.2) is 9.84 Å². The Hall–Kier alpha value is -1.93. The van der Waals surface area contributed by atoms with Crippen LogP contribution in [0, 0.1) is 5.92 Å². The molecule has 1 aliphatic rings. The number of allylic oxidation sites excluding steroid dienone is 1. The normalized spacial score (nSPS) is 16.7. The summed E-state index contributed by atoms with van der Waals surface area (Å²) in [4.78, 5) is 2.66. The second-order valence-corrected chi connectivity index (χ2v) is 8.75. The Labute approximate surface area is 161 Å². The van der Waals surface area contributed by atoms with Crippen LogP contribution in [0.25, 0.3) is 0 Å². The van der Waals surface area contributed by atoms with E-state index in [0.29, 0.717) is 10.4 Å². The van der Waals surface area contributed by atoms with Crippen LogP contribution in [0.1, 0.15) is 18.4 Å². The van der Waals surface area contributed by atoms with Crippen LogP contribution < -0.4 is 5.46 Å². The molecule has 142 valence electrons. The zero-order chi connectivity index (χ0) is 19.3. The zero-order valence-electron chi connectivity index (χ0n) is 15.1. The van der Waals surface area contributed by atoms with E-state index in [1.807, 2.05) is 18.2 Å². The van der Waals surface area contributed by atoms with Crippen molar-refractivity contribution >= 4 is 22.4 Å². The van der Waals surface area contributed by atoms with Gasteiger partial charge in [-0.3, -0.25) is 4.90 Å². The molecule has 2 N–H and O–H groups in total. The van der Waals surface area contributed by atoms with Crippen molar-refractivity contribution in [2.45, 2.75) is 24.3 Å². The zero-order valence-corrected chi connectivity index (χ0v) is 15.9. The Kier molecular flexibility index (Phi) is 6.49. The third-order valence-corrected chi connectivity index (χ3v) is 6.36. The molecule has 0 aliphatic carbocycles. The molecule has 0 unspecified atom stereocenters. The number of sulfone groups is 1. The summed E-state index contributed by atoms with van der Waals surface area (Å²) in [5.41, 5.74) is 1.61. The molecule has 2 aromatic rings. The molecular weight excluding hydrogens is 361 g/mol. The molecule has 5 nitrogen and oxygen atoms in total. The minimum Gasteiger partial charge on any atom is -0.423 e. The number of hydrogen-bond acceptors (Lipinski definition) is 5. The molecule has 1 saturated heterocycles. The molecule has 1 aliphatic heterocycles. The van der Waals surface area contributed by atoms with Gasteiger partial charge < -0.3 is 10.0 Å². The highest BCUT2D eigenvalue weighted by atomic mass is 32.2. The smallest absolute Gasteiger partial charge is 0.423 e. The summed E-state index contributed by atoms with van der Waals surface area (Å²) in [6.45, 7) is 2.62. The topological polar surface area (TPSA) is 77.8 Å². The maximum absolute atomic E-state index is 12.3. The Bertz CT molecular complexity index is 859. The molecule has 3 rings (SSSR count). The van der Waals surface area contributed by atoms with E-state index in [1.54, 1.807) is 42.5 Å². The van der Waals surface area contributed by atoms with Gasteiger partial charge >= 0.3 is 7.12 Å². The molecule has 0 bridgehead atoms. The van der Waals surface area contributed by atoms with Crippen molar-refractivity contribution in [3.8, 4) is 0 Å². The lowest BCUT2D eigenvalue weighted by atomic mass is 9.80. The second-order valence-electron chi connectivity index (χ2n) is 6.92. The van der Waals surface area contributed by atoms with Crippen molar-refractivity contribution in [1.29, 1.82) is 0 Å². The van der Waals surface area contributed by atoms with Crippen molar-refractivity contribution < 1.29 is 18.5 Å². The van der Waals surface area contributed by atoms with E-state index in [-0.39, 0.29) is 5.92 Å². The first-order valence-corrected chi connectivity index (χ1v) is 10.6. The molecular formula is C20H24BNO4S. The van der Waals surface area contributed by atoms with Crippen molar-refractivity contribution in [2.24, 2.45) is 5.92 Å². The molecule has 0 radical (unpaired) electrons. The van der Waals surface area contributed by atoms with Crippen LogP contribution in [-0.4, -0.2) is 43.6 Å². The van der Waals surface area contributed by atoms with Crippen LogP contribution in [0.15, 0.2) is 71.0 Å². The summed E-state index contributed by atoms with van der Waals surface area (Å²) >= 11 is 0. The predicted molar refractivity (Wildman–Crippen MR) is 107 cm³/mol. The van der Waals surface area contributed by atoms with Gasteiger partial charge in [0.05, 0.1) is 4.90 Å². The van der Waals surface area contributed by atoms with Crippen LogP contribution in [-0.2, 0) is 16.4 Å². The Morgan fingerprint density at radius 3 is 2.22 bits per heavy atom. The van der Waals surface area contributed by atoms with Crippen molar-refractivity contribution in [2.75, 3.05) is 13.1 Å². The number of nitrogens with zero attached hydrogens (tertiary/aromatic N) is 1. The maximum Gasteiger partial charge on any atom is 0.488 e. The van der Waals surface area contributed by atoms with Gasteiger partial charge in [0.1, 0.15) is 0 Å². The van der Waals surface area contributed by atoms with Gasteiger partial charge in [-0.15, -0.1) is 0 Å². The minimum absolute atomic E-state index is 0.270. The summed E-state index contributed by atoms with van der Waals surface area (Å²) in [6.07, 6.45) is 3.68. The van der Waals surface area contributed by atoms with E-state index in [2.05, 4.69) is 4.90 Å². The van der Waals surface area contributed by atoms with Crippen molar-refractivity contribution in [1.82, 2.24) is 4.90 Å². The van der Waals surface area contributed by atoms with Crippen LogP contribution in [0.2, 0.25) is 0 Å². The molecule has 7 heteroatoms. The Morgan fingerprint density at radius 2 is 1.63 bits per heavy atom. The minimum atomic E-state index is -3.37. The number of hydrogen-bond donors (Lipinski definition) is 2. The highest BCUT2D eigenvalue weighted by Crippen LogP contribution is 2.21. The van der Waals surface area contributed by atoms with Gasteiger partial charge in [0, 0.05) is 12.0 Å². The summed E-state index contributed by atoms with van der Waals surface area (Å²) in [6, 6.07) is 15.8. The van der Waals surface area contributed by atoms with Crippen molar-refractivity contribution in [3.63, 3.8) is 0 Å². The van der Waals surface area contributed by atoms with Crippen LogP contribution in [0.3, 0.4) is 0 Å². The van der Waals surface area contributed by atoms with E-state index >= 15 is 0 Å². The fraction of sp³-hybridized carbons (Fsp3) is 0.300. The highest BCUT2D eigenvalue weighted by molar-refractivity contribution is 7.94. The fourth-order valence-electron chi connectivity index (χ4n) is 3.26. The van der Waals surface area contributed by atoms with Crippen LogP contribution >= 0.6 is 0 Å². The first-order chi connectivity index (χ1) is 12.9. The fourth-order valence-corrected chi connectivity index (χ4v) is 4.38. The van der Waals surface area contributed by atoms with Gasteiger partial charge in [-0.05, 0) is 55.0 Å². The molecule has 0 saturated carbocycles. The average molecular weight is 385 g/mol. The molecule has 1 fully saturated rings. The van der Waals surface area contributed by atoms with Gasteiger partial charge in [-0.25, -0.2) is 8.42 Å². The van der Waals surface area contributed by atoms with E-state index in [9.17, 15) is 8.42 Å². The van der Waals surface area contributed by atoms with Gasteiger partial charge in [0.25, 0.3) is 0 Å². The molecule has 0 aromatic heterocycles. The number of likely N-dealkylation sites (tertiary alicyclic amines) is 1. The monoisotopic (exact) mass is 385 g/mol. The standard InChI is InChI=1S/C20H24BNO4S/c23-21(24)19-8-6-18(7-9-19)16-22-13-10-17(11-14-22)12-15-27(25,26)20-4-2-1-3-5-20/h1-9,12,15,17,23-24H,10-11,13-14,16H2. The molecule has 27 heavy (non-hydrogen) atoms. The molecule has 1 heterocycles. The maximum atomic E-state index is 12.3. The summed E-state index contributed by atoms with van der Waals surface area (Å²) < 4.78 is 24.6. The van der Waals surface area contributed by atoms with E-state index < -0.39 is 17.0 Å². The first kappa shape index (κ1) is 19.8. The average Bonchev–Trinajstić information content (AvgIpc) is 2.69. The summed E-state index contributed by atoms with van der Waals surface area (Å²) in [5.74, 6) is 0.270. The van der Waals surface area contributed by atoms with Crippen molar-refractivity contribution in [3.05, 3.63) is 71.6 Å². The lowest BCUT2D eigenvalue weighted by Crippen LogP contribution is -2.33. The summed E-state index contributed by atoms with van der Waals surface area (Å²) in [5, 5.41) is 19.6. The SMILES string of the molecule is O=S(=O)(C=CC1CCN(Cc2ccc(B(O)O)cc2)CC1)c1ccccc1. The van der Waals surface area contributed by atoms with E-state index in [1.165, 1.54) is 5.41 Å². The lowest BCUT2D eigenvalue weighted by molar-refractivity contribution is 0.196. The second kappa shape index (κ2) is 8.84.